The van der Waals surface area contributed by atoms with Crippen LogP contribution in [0.25, 0.3) is 11.0 Å². The van der Waals surface area contributed by atoms with E-state index in [2.05, 4.69) is 16.9 Å². The molecular weight excluding hydrogens is 246 g/mol. The SMILES string of the molecule is C=CCNC(=O)Cn1c(=O)c(=O)[nH]c2ccccc21. The van der Waals surface area contributed by atoms with E-state index in [9.17, 15) is 14.4 Å². The Labute approximate surface area is 108 Å². The van der Waals surface area contributed by atoms with E-state index in [1.165, 1.54) is 6.08 Å². The molecule has 0 spiro atoms. The Morgan fingerprint density at radius 1 is 1.37 bits per heavy atom. The van der Waals surface area contributed by atoms with Crippen molar-refractivity contribution in [3.63, 3.8) is 0 Å². The first-order valence-corrected chi connectivity index (χ1v) is 5.73. The van der Waals surface area contributed by atoms with Gasteiger partial charge >= 0.3 is 11.1 Å². The first-order chi connectivity index (χ1) is 9.13. The van der Waals surface area contributed by atoms with Gasteiger partial charge in [0, 0.05) is 6.54 Å². The smallest absolute Gasteiger partial charge is 0.317 e. The van der Waals surface area contributed by atoms with Gasteiger partial charge in [0.1, 0.15) is 6.54 Å². The molecule has 6 nitrogen and oxygen atoms in total. The summed E-state index contributed by atoms with van der Waals surface area (Å²) >= 11 is 0. The van der Waals surface area contributed by atoms with Crippen molar-refractivity contribution in [2.45, 2.75) is 6.54 Å². The van der Waals surface area contributed by atoms with Gasteiger partial charge in [-0.1, -0.05) is 18.2 Å². The minimum absolute atomic E-state index is 0.197. The summed E-state index contributed by atoms with van der Waals surface area (Å²) in [6.45, 7) is 3.60. The molecule has 1 aromatic carbocycles. The molecular formula is C13H13N3O3. The number of para-hydroxylation sites is 2. The number of hydrogen-bond acceptors (Lipinski definition) is 3. The lowest BCUT2D eigenvalue weighted by molar-refractivity contribution is -0.121. The zero-order valence-corrected chi connectivity index (χ0v) is 10.2. The lowest BCUT2D eigenvalue weighted by Gasteiger charge is -2.09. The highest BCUT2D eigenvalue weighted by Gasteiger charge is 2.10. The molecule has 0 unspecified atom stereocenters. The number of nitrogens with one attached hydrogen (secondary N) is 2. The number of carbonyl (C=O) groups is 1. The van der Waals surface area contributed by atoms with E-state index >= 15 is 0 Å². The maximum atomic E-state index is 11.8. The summed E-state index contributed by atoms with van der Waals surface area (Å²) < 4.78 is 1.16. The Balaban J connectivity index is 2.49. The standard InChI is InChI=1S/C13H13N3O3/c1-2-7-14-11(17)8-16-10-6-4-3-5-9(10)15-12(18)13(16)19/h2-6H,1,7-8H2,(H,14,17)(H,15,18). The fraction of sp³-hybridized carbons (Fsp3) is 0.154. The fourth-order valence-electron chi connectivity index (χ4n) is 1.76. The average Bonchev–Trinajstić information content (AvgIpc) is 2.41. The van der Waals surface area contributed by atoms with Gasteiger partial charge in [0.25, 0.3) is 0 Å². The topological polar surface area (TPSA) is 84.0 Å². The second-order valence-corrected chi connectivity index (χ2v) is 3.96. The van der Waals surface area contributed by atoms with Crippen molar-refractivity contribution in [2.75, 3.05) is 6.54 Å². The molecule has 19 heavy (non-hydrogen) atoms. The molecule has 2 rings (SSSR count). The Bertz CT molecular complexity index is 743. The second kappa shape index (κ2) is 5.34. The van der Waals surface area contributed by atoms with Crippen LogP contribution in [0, 0.1) is 0 Å². The third-order valence-electron chi connectivity index (χ3n) is 2.63. The zero-order valence-electron chi connectivity index (χ0n) is 10.2. The minimum atomic E-state index is -0.743. The van der Waals surface area contributed by atoms with Crippen LogP contribution in [-0.4, -0.2) is 22.0 Å². The third kappa shape index (κ3) is 2.62. The van der Waals surface area contributed by atoms with Gasteiger partial charge in [-0.3, -0.25) is 19.0 Å². The maximum Gasteiger partial charge on any atom is 0.317 e. The van der Waals surface area contributed by atoms with Gasteiger partial charge in [0.05, 0.1) is 11.0 Å². The molecule has 0 atom stereocenters. The van der Waals surface area contributed by atoms with Gasteiger partial charge in [-0.15, -0.1) is 6.58 Å². The van der Waals surface area contributed by atoms with E-state index < -0.39 is 11.1 Å². The molecule has 2 N–H and O–H groups in total. The highest BCUT2D eigenvalue weighted by Crippen LogP contribution is 2.06. The molecule has 6 heteroatoms. The second-order valence-electron chi connectivity index (χ2n) is 3.96. The molecule has 2 aromatic rings. The minimum Gasteiger partial charge on any atom is -0.351 e. The Hall–Kier alpha value is -2.63. The number of carbonyl (C=O) groups excluding carboxylic acids is 1. The molecule has 0 saturated heterocycles. The van der Waals surface area contributed by atoms with Crippen molar-refractivity contribution in [1.29, 1.82) is 0 Å². The highest BCUT2D eigenvalue weighted by molar-refractivity contribution is 5.79. The van der Waals surface area contributed by atoms with Crippen LogP contribution in [0.4, 0.5) is 0 Å². The molecule has 1 amide bonds. The monoisotopic (exact) mass is 259 g/mol. The number of amides is 1. The van der Waals surface area contributed by atoms with Gasteiger partial charge in [-0.25, -0.2) is 0 Å². The molecule has 1 heterocycles. The lowest BCUT2D eigenvalue weighted by Crippen LogP contribution is -2.40. The van der Waals surface area contributed by atoms with Crippen LogP contribution in [0.3, 0.4) is 0 Å². The first kappa shape index (κ1) is 12.8. The third-order valence-corrected chi connectivity index (χ3v) is 2.63. The normalized spacial score (nSPS) is 10.3. The van der Waals surface area contributed by atoms with Crippen LogP contribution in [0.5, 0.6) is 0 Å². The van der Waals surface area contributed by atoms with Crippen LogP contribution < -0.4 is 16.4 Å². The predicted octanol–water partition coefficient (Wildman–Crippen LogP) is -0.00800. The summed E-state index contributed by atoms with van der Waals surface area (Å²) in [5.74, 6) is -0.349. The summed E-state index contributed by atoms with van der Waals surface area (Å²) in [5, 5.41) is 2.56. The van der Waals surface area contributed by atoms with Crippen molar-refractivity contribution in [3.05, 3.63) is 57.6 Å². The van der Waals surface area contributed by atoms with Gasteiger partial charge in [-0.2, -0.15) is 0 Å². The summed E-state index contributed by atoms with van der Waals surface area (Å²) in [7, 11) is 0. The van der Waals surface area contributed by atoms with E-state index in [1.807, 2.05) is 0 Å². The van der Waals surface area contributed by atoms with Crippen LogP contribution in [0.1, 0.15) is 0 Å². The molecule has 0 saturated carbocycles. The molecule has 0 fully saturated rings. The zero-order chi connectivity index (χ0) is 13.8. The number of rotatable bonds is 4. The highest BCUT2D eigenvalue weighted by atomic mass is 16.2. The molecule has 0 radical (unpaired) electrons. The number of hydrogen-bond donors (Lipinski definition) is 2. The van der Waals surface area contributed by atoms with Crippen molar-refractivity contribution in [2.24, 2.45) is 0 Å². The van der Waals surface area contributed by atoms with E-state index in [0.29, 0.717) is 17.6 Å². The molecule has 98 valence electrons. The van der Waals surface area contributed by atoms with Gasteiger partial charge in [0.15, 0.2) is 0 Å². The van der Waals surface area contributed by atoms with Gasteiger partial charge < -0.3 is 10.3 Å². The Morgan fingerprint density at radius 3 is 2.84 bits per heavy atom. The molecule has 0 bridgehead atoms. The van der Waals surface area contributed by atoms with Crippen molar-refractivity contribution < 1.29 is 4.79 Å². The molecule has 0 aliphatic heterocycles. The van der Waals surface area contributed by atoms with E-state index in [-0.39, 0.29) is 12.5 Å². The van der Waals surface area contributed by atoms with Crippen molar-refractivity contribution in [3.8, 4) is 0 Å². The van der Waals surface area contributed by atoms with Crippen LogP contribution in [-0.2, 0) is 11.3 Å². The molecule has 0 aliphatic rings. The van der Waals surface area contributed by atoms with E-state index in [0.717, 1.165) is 4.57 Å². The van der Waals surface area contributed by atoms with Crippen LogP contribution in [0.2, 0.25) is 0 Å². The number of H-pyrrole nitrogens is 1. The van der Waals surface area contributed by atoms with E-state index in [4.69, 9.17) is 0 Å². The Morgan fingerprint density at radius 2 is 2.11 bits per heavy atom. The van der Waals surface area contributed by atoms with Gasteiger partial charge in [0.2, 0.25) is 5.91 Å². The quantitative estimate of drug-likeness (QED) is 0.598. The summed E-state index contributed by atoms with van der Waals surface area (Å²) in [6, 6.07) is 6.82. The fourth-order valence-corrected chi connectivity index (χ4v) is 1.76. The van der Waals surface area contributed by atoms with Crippen molar-refractivity contribution in [1.82, 2.24) is 14.9 Å². The summed E-state index contributed by atoms with van der Waals surface area (Å²) in [5.41, 5.74) is -0.452. The first-order valence-electron chi connectivity index (χ1n) is 5.73. The summed E-state index contributed by atoms with van der Waals surface area (Å²) in [6.07, 6.45) is 1.54. The largest absolute Gasteiger partial charge is 0.351 e. The number of aromatic nitrogens is 2. The van der Waals surface area contributed by atoms with E-state index in [1.54, 1.807) is 24.3 Å². The van der Waals surface area contributed by atoms with Crippen LogP contribution in [0.15, 0.2) is 46.5 Å². The lowest BCUT2D eigenvalue weighted by atomic mass is 10.3. The molecule has 0 aliphatic carbocycles. The maximum absolute atomic E-state index is 11.8. The molecule has 1 aromatic heterocycles. The van der Waals surface area contributed by atoms with Gasteiger partial charge in [-0.05, 0) is 12.1 Å². The number of benzene rings is 1. The number of fused-ring (bicyclic) bond motifs is 1. The van der Waals surface area contributed by atoms with Crippen LogP contribution >= 0.6 is 0 Å². The number of aromatic amines is 1. The summed E-state index contributed by atoms with van der Waals surface area (Å²) in [4.78, 5) is 37.4. The number of nitrogens with zero attached hydrogens (tertiary/aromatic N) is 1. The average molecular weight is 259 g/mol. The predicted molar refractivity (Wildman–Crippen MR) is 72.0 cm³/mol. The Kier molecular flexibility index (Phi) is 3.61. The van der Waals surface area contributed by atoms with Crippen molar-refractivity contribution >= 4 is 16.9 Å².